The van der Waals surface area contributed by atoms with Crippen molar-refractivity contribution in [3.8, 4) is 23.1 Å². The Kier molecular flexibility index (Phi) is 4.17. The van der Waals surface area contributed by atoms with Gasteiger partial charge < -0.3 is 5.32 Å². The highest BCUT2D eigenvalue weighted by Gasteiger charge is 2.23. The third-order valence-corrected chi connectivity index (χ3v) is 4.86. The smallest absolute Gasteiger partial charge is 0.165 e. The zero-order valence-corrected chi connectivity index (χ0v) is 15.9. The molecule has 4 aromatic rings. The summed E-state index contributed by atoms with van der Waals surface area (Å²) in [6.07, 6.45) is 10.3. The van der Waals surface area contributed by atoms with Crippen molar-refractivity contribution in [2.45, 2.75) is 38.8 Å². The number of nitrogens with zero attached hydrogens (tertiary/aromatic N) is 8. The molecule has 0 saturated heterocycles. The maximum Gasteiger partial charge on any atom is 0.165 e. The van der Waals surface area contributed by atoms with E-state index in [0.29, 0.717) is 28.6 Å². The molecule has 4 heterocycles. The first kappa shape index (κ1) is 17.3. The summed E-state index contributed by atoms with van der Waals surface area (Å²) in [5.41, 5.74) is 4.50. The summed E-state index contributed by atoms with van der Waals surface area (Å²) in [7, 11) is 0. The second-order valence-corrected chi connectivity index (χ2v) is 7.17. The second-order valence-electron chi connectivity index (χ2n) is 7.17. The monoisotopic (exact) mass is 385 g/mol. The van der Waals surface area contributed by atoms with Gasteiger partial charge in [0, 0.05) is 42.3 Å². The third-order valence-electron chi connectivity index (χ3n) is 4.86. The normalized spacial score (nSPS) is 13.5. The zero-order chi connectivity index (χ0) is 19.8. The number of fused-ring (bicyclic) bond motifs is 1. The molecule has 1 N–H and O–H groups in total. The number of pyridine rings is 2. The molecule has 0 radical (unpaired) electrons. The molecule has 1 fully saturated rings. The quantitative estimate of drug-likeness (QED) is 0.543. The molecular weight excluding hydrogens is 366 g/mol. The van der Waals surface area contributed by atoms with E-state index < -0.39 is 0 Å². The van der Waals surface area contributed by atoms with Crippen LogP contribution in [-0.2, 0) is 6.54 Å². The highest BCUT2D eigenvalue weighted by molar-refractivity contribution is 5.78. The summed E-state index contributed by atoms with van der Waals surface area (Å²) in [6, 6.07) is 6.29. The van der Waals surface area contributed by atoms with Gasteiger partial charge in [0.05, 0.1) is 11.8 Å². The molecular formula is C20H19N9. The number of anilines is 1. The Hall–Kier alpha value is -3.80. The van der Waals surface area contributed by atoms with Gasteiger partial charge in [0.1, 0.15) is 29.4 Å². The molecule has 0 atom stereocenters. The van der Waals surface area contributed by atoms with Gasteiger partial charge in [-0.15, -0.1) is 5.10 Å². The minimum atomic E-state index is 0.477. The molecule has 0 aromatic carbocycles. The Bertz CT molecular complexity index is 1230. The van der Waals surface area contributed by atoms with Gasteiger partial charge in [0.15, 0.2) is 5.65 Å². The number of nitriles is 1. The number of aryl methyl sites for hydroxylation is 1. The number of nitrogens with one attached hydrogen (secondary N) is 1. The molecule has 1 aliphatic carbocycles. The third kappa shape index (κ3) is 3.29. The lowest BCUT2D eigenvalue weighted by Gasteiger charge is -2.12. The Morgan fingerprint density at radius 2 is 2.10 bits per heavy atom. The fourth-order valence-electron chi connectivity index (χ4n) is 3.24. The topological polar surface area (TPSA) is 110 Å². The first-order valence-electron chi connectivity index (χ1n) is 9.66. The van der Waals surface area contributed by atoms with Crippen molar-refractivity contribution in [1.29, 1.82) is 5.26 Å². The standard InChI is InChI=1S/C20H19N9/c1-2-5-28-11-18(26-27-28)15-10-22-19(7-16(15)25-14-3-4-14)29-12-24-17-6-13(8-21)9-23-20(17)29/h6-7,9-12,14H,2-5H2,1H3,(H,22,25). The minimum absolute atomic E-state index is 0.477. The minimum Gasteiger partial charge on any atom is -0.382 e. The Labute approximate surface area is 167 Å². The fraction of sp³-hybridized carbons (Fsp3) is 0.300. The van der Waals surface area contributed by atoms with Gasteiger partial charge in [-0.3, -0.25) is 9.25 Å². The van der Waals surface area contributed by atoms with Crippen molar-refractivity contribution in [3.05, 3.63) is 42.6 Å². The summed E-state index contributed by atoms with van der Waals surface area (Å²) >= 11 is 0. The van der Waals surface area contributed by atoms with Crippen LogP contribution in [0.5, 0.6) is 0 Å². The molecule has 0 bridgehead atoms. The number of imidazole rings is 1. The molecule has 5 rings (SSSR count). The summed E-state index contributed by atoms with van der Waals surface area (Å²) in [4.78, 5) is 13.4. The van der Waals surface area contributed by atoms with Crippen LogP contribution in [-0.4, -0.2) is 40.6 Å². The molecule has 4 aromatic heterocycles. The van der Waals surface area contributed by atoms with Gasteiger partial charge in [0.2, 0.25) is 0 Å². The van der Waals surface area contributed by atoms with Crippen LogP contribution in [0.15, 0.2) is 37.1 Å². The summed E-state index contributed by atoms with van der Waals surface area (Å²) in [5.74, 6) is 0.706. The van der Waals surface area contributed by atoms with Gasteiger partial charge in [-0.2, -0.15) is 5.26 Å². The van der Waals surface area contributed by atoms with Crippen LogP contribution in [0, 0.1) is 11.3 Å². The van der Waals surface area contributed by atoms with E-state index in [1.807, 2.05) is 27.7 Å². The van der Waals surface area contributed by atoms with Gasteiger partial charge >= 0.3 is 0 Å². The van der Waals surface area contributed by atoms with Gasteiger partial charge in [0.25, 0.3) is 0 Å². The van der Waals surface area contributed by atoms with Crippen LogP contribution in [0.25, 0.3) is 28.2 Å². The average Bonchev–Trinajstić information content (AvgIpc) is 3.26. The van der Waals surface area contributed by atoms with Crippen molar-refractivity contribution >= 4 is 16.9 Å². The lowest BCUT2D eigenvalue weighted by atomic mass is 10.1. The average molecular weight is 385 g/mol. The highest BCUT2D eigenvalue weighted by atomic mass is 15.4. The fourth-order valence-corrected chi connectivity index (χ4v) is 3.24. The SMILES string of the molecule is CCCn1cc(-c2cnc(-n3cnc4cc(C#N)cnc43)cc2NC2CC2)nn1. The molecule has 0 unspecified atom stereocenters. The van der Waals surface area contributed by atoms with Crippen LogP contribution in [0.2, 0.25) is 0 Å². The lowest BCUT2D eigenvalue weighted by Crippen LogP contribution is -2.06. The lowest BCUT2D eigenvalue weighted by molar-refractivity contribution is 0.579. The Balaban J connectivity index is 1.57. The van der Waals surface area contributed by atoms with Gasteiger partial charge in [-0.1, -0.05) is 12.1 Å². The molecule has 0 aliphatic heterocycles. The van der Waals surface area contributed by atoms with E-state index in [1.165, 1.54) is 0 Å². The number of rotatable bonds is 6. The molecule has 0 spiro atoms. The van der Waals surface area contributed by atoms with Crippen LogP contribution in [0.3, 0.4) is 0 Å². The highest BCUT2D eigenvalue weighted by Crippen LogP contribution is 2.32. The second kappa shape index (κ2) is 6.98. The molecule has 29 heavy (non-hydrogen) atoms. The predicted molar refractivity (Wildman–Crippen MR) is 107 cm³/mol. The number of hydrogen-bond acceptors (Lipinski definition) is 7. The van der Waals surface area contributed by atoms with Crippen LogP contribution < -0.4 is 5.32 Å². The maximum absolute atomic E-state index is 9.06. The maximum atomic E-state index is 9.06. The van der Waals surface area contributed by atoms with Crippen molar-refractivity contribution in [3.63, 3.8) is 0 Å². The van der Waals surface area contributed by atoms with Crippen molar-refractivity contribution in [1.82, 2.24) is 34.5 Å². The molecule has 0 amide bonds. The Morgan fingerprint density at radius 1 is 1.21 bits per heavy atom. The molecule has 1 saturated carbocycles. The molecule has 1 aliphatic rings. The summed E-state index contributed by atoms with van der Waals surface area (Å²) < 4.78 is 3.68. The van der Waals surface area contributed by atoms with Gasteiger partial charge in [-0.25, -0.2) is 15.0 Å². The van der Waals surface area contributed by atoms with E-state index in [1.54, 1.807) is 18.6 Å². The van der Waals surface area contributed by atoms with E-state index in [9.17, 15) is 0 Å². The number of aromatic nitrogens is 7. The predicted octanol–water partition coefficient (Wildman–Crippen LogP) is 2.93. The Morgan fingerprint density at radius 3 is 2.90 bits per heavy atom. The van der Waals surface area contributed by atoms with E-state index in [-0.39, 0.29) is 0 Å². The zero-order valence-electron chi connectivity index (χ0n) is 15.9. The molecule has 9 heteroatoms. The van der Waals surface area contributed by atoms with Crippen molar-refractivity contribution in [2.75, 3.05) is 5.32 Å². The summed E-state index contributed by atoms with van der Waals surface area (Å²) in [6.45, 7) is 2.95. The number of hydrogen-bond donors (Lipinski definition) is 1. The molecule has 9 nitrogen and oxygen atoms in total. The van der Waals surface area contributed by atoms with E-state index in [4.69, 9.17) is 5.26 Å². The van der Waals surface area contributed by atoms with Crippen LogP contribution in [0.4, 0.5) is 5.69 Å². The largest absolute Gasteiger partial charge is 0.382 e. The van der Waals surface area contributed by atoms with E-state index >= 15 is 0 Å². The van der Waals surface area contributed by atoms with Crippen molar-refractivity contribution in [2.24, 2.45) is 0 Å². The van der Waals surface area contributed by atoms with Crippen LogP contribution >= 0.6 is 0 Å². The molecule has 144 valence electrons. The summed E-state index contributed by atoms with van der Waals surface area (Å²) in [5, 5.41) is 21.2. The van der Waals surface area contributed by atoms with E-state index in [2.05, 4.69) is 43.6 Å². The van der Waals surface area contributed by atoms with Crippen molar-refractivity contribution < 1.29 is 0 Å². The first-order valence-corrected chi connectivity index (χ1v) is 9.66. The van der Waals surface area contributed by atoms with Gasteiger partial charge in [-0.05, 0) is 25.3 Å². The van der Waals surface area contributed by atoms with E-state index in [0.717, 1.165) is 42.8 Å². The van der Waals surface area contributed by atoms with Crippen LogP contribution in [0.1, 0.15) is 31.7 Å². The first-order chi connectivity index (χ1) is 14.2.